The van der Waals surface area contributed by atoms with Gasteiger partial charge in [-0.25, -0.2) is 0 Å². The highest BCUT2D eigenvalue weighted by Gasteiger charge is 2.32. The topological polar surface area (TPSA) is 49.3 Å². The molecule has 0 aromatic rings. The van der Waals surface area contributed by atoms with Gasteiger partial charge < -0.3 is 24.6 Å². The van der Waals surface area contributed by atoms with Crippen LogP contribution in [-0.2, 0) is 9.47 Å². The molecule has 2 fully saturated rings. The molecule has 6 heteroatoms. The Morgan fingerprint density at radius 3 is 2.62 bits per heavy atom. The molecule has 0 aliphatic carbocycles. The van der Waals surface area contributed by atoms with Gasteiger partial charge in [0.1, 0.15) is 6.10 Å². The maximum atomic E-state index is 5.93. The summed E-state index contributed by atoms with van der Waals surface area (Å²) in [7, 11) is 1.87. The van der Waals surface area contributed by atoms with Crippen LogP contribution in [0.1, 0.15) is 39.5 Å². The first-order chi connectivity index (χ1) is 11.8. The number of hydrogen-bond acceptors (Lipinski definition) is 4. The van der Waals surface area contributed by atoms with E-state index in [1.165, 1.54) is 19.4 Å². The highest BCUT2D eigenvalue weighted by Crippen LogP contribution is 2.20. The number of guanidine groups is 1. The summed E-state index contributed by atoms with van der Waals surface area (Å²) in [6.45, 7) is 12.3. The Morgan fingerprint density at radius 1 is 1.17 bits per heavy atom. The smallest absolute Gasteiger partial charge is 0.193 e. The van der Waals surface area contributed by atoms with Crippen LogP contribution in [-0.4, -0.2) is 87.5 Å². The normalized spacial score (nSPS) is 25.5. The Morgan fingerprint density at radius 2 is 1.96 bits per heavy atom. The van der Waals surface area contributed by atoms with Crippen molar-refractivity contribution < 1.29 is 9.47 Å². The lowest BCUT2D eigenvalue weighted by molar-refractivity contribution is -0.0816. The second-order valence-corrected chi connectivity index (χ2v) is 6.61. The Bertz CT molecular complexity index is 368. The van der Waals surface area contributed by atoms with Crippen molar-refractivity contribution in [2.75, 3.05) is 59.5 Å². The molecule has 140 valence electrons. The molecule has 0 aromatic heterocycles. The van der Waals surface area contributed by atoms with Gasteiger partial charge in [-0.2, -0.15) is 0 Å². The molecule has 2 atom stereocenters. The first-order valence-electron chi connectivity index (χ1n) is 9.69. The second kappa shape index (κ2) is 10.9. The molecule has 24 heavy (non-hydrogen) atoms. The fourth-order valence-electron chi connectivity index (χ4n) is 3.52. The number of hydrogen-bond donors (Lipinski definition) is 1. The lowest BCUT2D eigenvalue weighted by Crippen LogP contribution is -2.53. The fraction of sp³-hybridized carbons (Fsp3) is 0.944. The zero-order chi connectivity index (χ0) is 17.2. The van der Waals surface area contributed by atoms with Gasteiger partial charge in [0.15, 0.2) is 5.96 Å². The third-order valence-electron chi connectivity index (χ3n) is 5.06. The van der Waals surface area contributed by atoms with E-state index in [1.54, 1.807) is 0 Å². The summed E-state index contributed by atoms with van der Waals surface area (Å²) in [5, 5.41) is 3.52. The van der Waals surface area contributed by atoms with Crippen molar-refractivity contribution >= 4 is 5.96 Å². The van der Waals surface area contributed by atoms with Crippen molar-refractivity contribution in [2.45, 2.75) is 51.7 Å². The van der Waals surface area contributed by atoms with Crippen LogP contribution in [0.15, 0.2) is 4.99 Å². The maximum absolute atomic E-state index is 5.93. The van der Waals surface area contributed by atoms with Gasteiger partial charge in [0.2, 0.25) is 0 Å². The molecule has 0 spiro atoms. The van der Waals surface area contributed by atoms with Gasteiger partial charge in [-0.05, 0) is 45.3 Å². The van der Waals surface area contributed by atoms with Gasteiger partial charge in [-0.15, -0.1) is 0 Å². The predicted octanol–water partition coefficient (Wildman–Crippen LogP) is 1.56. The number of ether oxygens (including phenoxy) is 2. The number of nitrogens with one attached hydrogen (secondary N) is 1. The first-order valence-corrected chi connectivity index (χ1v) is 9.69. The van der Waals surface area contributed by atoms with E-state index in [9.17, 15) is 0 Å². The molecule has 0 amide bonds. The highest BCUT2D eigenvalue weighted by molar-refractivity contribution is 5.80. The van der Waals surface area contributed by atoms with Crippen LogP contribution in [0.25, 0.3) is 0 Å². The summed E-state index contributed by atoms with van der Waals surface area (Å²) in [5.41, 5.74) is 0. The Kier molecular flexibility index (Phi) is 8.84. The number of unbranched alkanes of at least 4 members (excludes halogenated alkanes) is 1. The zero-order valence-corrected chi connectivity index (χ0v) is 15.8. The molecule has 0 aromatic carbocycles. The SMILES string of the molecule is CCN(CC)CCCCNC(=NC)N1CCOC(C2CCCO2)C1. The Labute approximate surface area is 147 Å². The molecule has 0 saturated carbocycles. The zero-order valence-electron chi connectivity index (χ0n) is 15.8. The number of rotatable bonds is 8. The minimum Gasteiger partial charge on any atom is -0.375 e. The molecule has 2 heterocycles. The third kappa shape index (κ3) is 5.90. The lowest BCUT2D eigenvalue weighted by atomic mass is 10.1. The van der Waals surface area contributed by atoms with E-state index in [0.717, 1.165) is 64.7 Å². The van der Waals surface area contributed by atoms with Gasteiger partial charge >= 0.3 is 0 Å². The van der Waals surface area contributed by atoms with E-state index < -0.39 is 0 Å². The molecular weight excluding hydrogens is 304 g/mol. The molecule has 1 N–H and O–H groups in total. The molecule has 2 rings (SSSR count). The Hall–Kier alpha value is -0.850. The molecule has 0 bridgehead atoms. The average Bonchev–Trinajstić information content (AvgIpc) is 3.16. The third-order valence-corrected chi connectivity index (χ3v) is 5.06. The van der Waals surface area contributed by atoms with Crippen molar-refractivity contribution in [3.63, 3.8) is 0 Å². The van der Waals surface area contributed by atoms with Crippen molar-refractivity contribution in [3.05, 3.63) is 0 Å². The van der Waals surface area contributed by atoms with E-state index in [2.05, 4.69) is 34.0 Å². The predicted molar refractivity (Wildman–Crippen MR) is 98.7 cm³/mol. The van der Waals surface area contributed by atoms with Crippen LogP contribution < -0.4 is 5.32 Å². The van der Waals surface area contributed by atoms with Gasteiger partial charge in [-0.1, -0.05) is 13.8 Å². The van der Waals surface area contributed by atoms with Crippen LogP contribution >= 0.6 is 0 Å². The van der Waals surface area contributed by atoms with E-state index in [0.29, 0.717) is 0 Å². The van der Waals surface area contributed by atoms with Crippen LogP contribution in [0.4, 0.5) is 0 Å². The summed E-state index contributed by atoms with van der Waals surface area (Å²) in [4.78, 5) is 9.26. The summed E-state index contributed by atoms with van der Waals surface area (Å²) in [6.07, 6.45) is 5.13. The monoisotopic (exact) mass is 340 g/mol. The van der Waals surface area contributed by atoms with E-state index in [1.807, 2.05) is 7.05 Å². The van der Waals surface area contributed by atoms with Crippen molar-refractivity contribution in [2.24, 2.45) is 4.99 Å². The molecule has 6 nitrogen and oxygen atoms in total. The van der Waals surface area contributed by atoms with Crippen LogP contribution in [0.3, 0.4) is 0 Å². The average molecular weight is 341 g/mol. The Balaban J connectivity index is 1.68. The maximum Gasteiger partial charge on any atom is 0.193 e. The van der Waals surface area contributed by atoms with Crippen LogP contribution in [0.5, 0.6) is 0 Å². The van der Waals surface area contributed by atoms with Gasteiger partial charge in [-0.3, -0.25) is 4.99 Å². The molecular formula is C18H36N4O2. The van der Waals surface area contributed by atoms with Crippen molar-refractivity contribution in [3.8, 4) is 0 Å². The van der Waals surface area contributed by atoms with E-state index in [-0.39, 0.29) is 12.2 Å². The van der Waals surface area contributed by atoms with Crippen molar-refractivity contribution in [1.82, 2.24) is 15.1 Å². The number of aliphatic imine (C=N–C) groups is 1. The quantitative estimate of drug-likeness (QED) is 0.413. The summed E-state index contributed by atoms with van der Waals surface area (Å²) in [6, 6.07) is 0. The van der Waals surface area contributed by atoms with Crippen molar-refractivity contribution in [1.29, 1.82) is 0 Å². The van der Waals surface area contributed by atoms with Crippen LogP contribution in [0, 0.1) is 0 Å². The van der Waals surface area contributed by atoms with Gasteiger partial charge in [0, 0.05) is 33.3 Å². The summed E-state index contributed by atoms with van der Waals surface area (Å²) < 4.78 is 11.7. The lowest BCUT2D eigenvalue weighted by Gasteiger charge is -2.37. The second-order valence-electron chi connectivity index (χ2n) is 6.61. The molecule has 2 saturated heterocycles. The fourth-order valence-corrected chi connectivity index (χ4v) is 3.52. The minimum atomic E-state index is 0.183. The van der Waals surface area contributed by atoms with E-state index in [4.69, 9.17) is 9.47 Å². The summed E-state index contributed by atoms with van der Waals surface area (Å²) >= 11 is 0. The highest BCUT2D eigenvalue weighted by atomic mass is 16.5. The largest absolute Gasteiger partial charge is 0.375 e. The molecule has 0 radical (unpaired) electrons. The number of morpholine rings is 1. The van der Waals surface area contributed by atoms with Crippen LogP contribution in [0.2, 0.25) is 0 Å². The molecule has 2 aliphatic rings. The summed E-state index contributed by atoms with van der Waals surface area (Å²) in [5.74, 6) is 1.00. The minimum absolute atomic E-state index is 0.183. The standard InChI is InChI=1S/C18H36N4O2/c1-4-21(5-2)11-7-6-10-20-18(19-3)22-12-14-24-17(15-22)16-9-8-13-23-16/h16-17H,4-15H2,1-3H3,(H,19,20). The number of nitrogens with zero attached hydrogens (tertiary/aromatic N) is 3. The first kappa shape index (κ1) is 19.5. The van der Waals surface area contributed by atoms with Gasteiger partial charge in [0.05, 0.1) is 12.7 Å². The molecule has 2 aliphatic heterocycles. The van der Waals surface area contributed by atoms with Gasteiger partial charge in [0.25, 0.3) is 0 Å². The molecule has 2 unspecified atom stereocenters. The van der Waals surface area contributed by atoms with E-state index >= 15 is 0 Å².